The highest BCUT2D eigenvalue weighted by Crippen LogP contribution is 2.27. The molecule has 1 unspecified atom stereocenters. The summed E-state index contributed by atoms with van der Waals surface area (Å²) in [6.07, 6.45) is 2.82. The molecule has 1 rings (SSSR count). The van der Waals surface area contributed by atoms with Crippen LogP contribution in [0.15, 0.2) is 17.1 Å². The smallest absolute Gasteiger partial charge is 0.145 e. The van der Waals surface area contributed by atoms with Crippen LogP contribution in [0.1, 0.15) is 71.4 Å². The van der Waals surface area contributed by atoms with Crippen LogP contribution in [0.2, 0.25) is 5.02 Å². The van der Waals surface area contributed by atoms with Gasteiger partial charge in [-0.1, -0.05) is 45.4 Å². The number of hydrogen-bond donors (Lipinski definition) is 1. The summed E-state index contributed by atoms with van der Waals surface area (Å²) in [5, 5.41) is 0.218. The van der Waals surface area contributed by atoms with E-state index < -0.39 is 0 Å². The third-order valence-electron chi connectivity index (χ3n) is 3.25. The highest BCUT2D eigenvalue weighted by atomic mass is 35.5. The molecule has 0 saturated carbocycles. The number of benzene rings is 1. The van der Waals surface area contributed by atoms with Crippen LogP contribution in [0, 0.1) is 5.82 Å². The molecule has 4 heteroatoms. The van der Waals surface area contributed by atoms with Gasteiger partial charge in [-0.2, -0.15) is 0 Å². The molecule has 0 fully saturated rings. The van der Waals surface area contributed by atoms with Crippen LogP contribution in [-0.2, 0) is 6.42 Å². The number of nitrogens with two attached hydrogens (primary N) is 1. The molecule has 1 aromatic rings. The minimum Gasteiger partial charge on any atom is -0.388 e. The van der Waals surface area contributed by atoms with Gasteiger partial charge in [0.05, 0.1) is 10.9 Å². The predicted molar refractivity (Wildman–Crippen MR) is 96.5 cm³/mol. The van der Waals surface area contributed by atoms with Crippen LogP contribution >= 0.6 is 11.6 Å². The quantitative estimate of drug-likeness (QED) is 0.526. The zero-order chi connectivity index (χ0) is 17.3. The average Bonchev–Trinajstić information content (AvgIpc) is 2.43. The van der Waals surface area contributed by atoms with Gasteiger partial charge in [-0.25, -0.2) is 4.39 Å². The fourth-order valence-electron chi connectivity index (χ4n) is 2.25. The molecule has 0 aliphatic carbocycles. The van der Waals surface area contributed by atoms with Crippen molar-refractivity contribution in [2.75, 3.05) is 0 Å². The Bertz CT molecular complexity index is 480. The number of nitrogens with zero attached hydrogens (tertiary/aromatic N) is 1. The zero-order valence-corrected chi connectivity index (χ0v) is 15.5. The van der Waals surface area contributed by atoms with Gasteiger partial charge in [0.2, 0.25) is 0 Å². The lowest BCUT2D eigenvalue weighted by atomic mass is 9.97. The third-order valence-corrected chi connectivity index (χ3v) is 3.52. The first-order chi connectivity index (χ1) is 10.3. The van der Waals surface area contributed by atoms with Gasteiger partial charge in [-0.3, -0.25) is 4.99 Å². The Labute approximate surface area is 140 Å². The molecular formula is C18H30ClFN2. The van der Waals surface area contributed by atoms with Crippen LogP contribution < -0.4 is 5.73 Å². The van der Waals surface area contributed by atoms with Crippen molar-refractivity contribution < 1.29 is 4.39 Å². The standard InChI is InChI=1S/C16H24ClFN2.C2H6/c1-10(2)14-8-13(9-15(17)16(14)18)7-5-6-11(3)20-12(4)19;1-2/h8-11H,5-7H2,1-4H3,(H2,19,20);1-2H3. The largest absolute Gasteiger partial charge is 0.388 e. The molecule has 0 spiro atoms. The number of rotatable bonds is 6. The molecule has 0 aliphatic rings. The molecule has 0 amide bonds. The van der Waals surface area contributed by atoms with Gasteiger partial charge < -0.3 is 5.73 Å². The van der Waals surface area contributed by atoms with E-state index in [4.69, 9.17) is 17.3 Å². The molecule has 0 radical (unpaired) electrons. The molecule has 2 N–H and O–H groups in total. The Hall–Kier alpha value is -1.09. The van der Waals surface area contributed by atoms with Crippen molar-refractivity contribution in [1.82, 2.24) is 0 Å². The lowest BCUT2D eigenvalue weighted by molar-refractivity contribution is 0.594. The van der Waals surface area contributed by atoms with Crippen LogP contribution in [0.25, 0.3) is 0 Å². The minimum atomic E-state index is -0.290. The summed E-state index contributed by atoms with van der Waals surface area (Å²) in [5.41, 5.74) is 7.33. The molecule has 0 heterocycles. The Morgan fingerprint density at radius 1 is 1.27 bits per heavy atom. The van der Waals surface area contributed by atoms with E-state index in [1.165, 1.54) is 0 Å². The SMILES string of the molecule is CC.CC(N)=NC(C)CCCc1cc(Cl)c(F)c(C(C)C)c1. The summed E-state index contributed by atoms with van der Waals surface area (Å²) in [6.45, 7) is 11.8. The molecule has 0 aromatic heterocycles. The summed E-state index contributed by atoms with van der Waals surface area (Å²) in [6, 6.07) is 3.87. The van der Waals surface area contributed by atoms with Gasteiger partial charge in [0.15, 0.2) is 0 Å². The Morgan fingerprint density at radius 3 is 2.36 bits per heavy atom. The molecule has 2 nitrogen and oxygen atoms in total. The Morgan fingerprint density at radius 2 is 1.86 bits per heavy atom. The van der Waals surface area contributed by atoms with E-state index in [1.54, 1.807) is 13.0 Å². The fraction of sp³-hybridized carbons (Fsp3) is 0.611. The van der Waals surface area contributed by atoms with Crippen molar-refractivity contribution in [2.24, 2.45) is 10.7 Å². The number of halogens is 2. The number of amidine groups is 1. The van der Waals surface area contributed by atoms with Gasteiger partial charge in [0.25, 0.3) is 0 Å². The Kier molecular flexibility index (Phi) is 10.1. The van der Waals surface area contributed by atoms with E-state index in [0.29, 0.717) is 11.4 Å². The van der Waals surface area contributed by atoms with Crippen molar-refractivity contribution in [2.45, 2.75) is 72.8 Å². The topological polar surface area (TPSA) is 38.4 Å². The average molecular weight is 329 g/mol. The van der Waals surface area contributed by atoms with Gasteiger partial charge >= 0.3 is 0 Å². The second-order valence-corrected chi connectivity index (χ2v) is 6.05. The predicted octanol–water partition coefficient (Wildman–Crippen LogP) is 5.72. The summed E-state index contributed by atoms with van der Waals surface area (Å²) < 4.78 is 13.9. The van der Waals surface area contributed by atoms with Gasteiger partial charge in [-0.15, -0.1) is 0 Å². The summed E-state index contributed by atoms with van der Waals surface area (Å²) in [5.74, 6) is 0.461. The maximum Gasteiger partial charge on any atom is 0.145 e. The van der Waals surface area contributed by atoms with Gasteiger partial charge in [-0.05, 0) is 56.2 Å². The van der Waals surface area contributed by atoms with E-state index in [2.05, 4.69) is 4.99 Å². The first kappa shape index (κ1) is 20.9. The molecule has 1 aromatic carbocycles. The van der Waals surface area contributed by atoms with E-state index >= 15 is 0 Å². The van der Waals surface area contributed by atoms with E-state index in [-0.39, 0.29) is 22.8 Å². The van der Waals surface area contributed by atoms with Crippen LogP contribution in [0.5, 0.6) is 0 Å². The second-order valence-electron chi connectivity index (χ2n) is 5.65. The maximum absolute atomic E-state index is 13.9. The van der Waals surface area contributed by atoms with Crippen molar-refractivity contribution in [3.63, 3.8) is 0 Å². The van der Waals surface area contributed by atoms with E-state index in [0.717, 1.165) is 24.8 Å². The second kappa shape index (κ2) is 10.6. The number of hydrogen-bond acceptors (Lipinski definition) is 1. The van der Waals surface area contributed by atoms with Crippen molar-refractivity contribution in [3.8, 4) is 0 Å². The van der Waals surface area contributed by atoms with Gasteiger partial charge in [0, 0.05) is 6.04 Å². The molecule has 0 aliphatic heterocycles. The maximum atomic E-state index is 13.9. The lowest BCUT2D eigenvalue weighted by Gasteiger charge is -2.12. The third kappa shape index (κ3) is 7.26. The molecule has 1 atom stereocenters. The van der Waals surface area contributed by atoms with Gasteiger partial charge in [0.1, 0.15) is 5.82 Å². The zero-order valence-electron chi connectivity index (χ0n) is 14.7. The van der Waals surface area contributed by atoms with Crippen LogP contribution in [-0.4, -0.2) is 11.9 Å². The van der Waals surface area contributed by atoms with Crippen LogP contribution in [0.4, 0.5) is 4.39 Å². The number of aliphatic imine (C=N–C) groups is 1. The van der Waals surface area contributed by atoms with Crippen molar-refractivity contribution in [1.29, 1.82) is 0 Å². The van der Waals surface area contributed by atoms with E-state index in [1.807, 2.05) is 40.7 Å². The van der Waals surface area contributed by atoms with E-state index in [9.17, 15) is 4.39 Å². The molecule has 126 valence electrons. The first-order valence-electron chi connectivity index (χ1n) is 8.09. The first-order valence-corrected chi connectivity index (χ1v) is 8.46. The monoisotopic (exact) mass is 328 g/mol. The highest BCUT2D eigenvalue weighted by molar-refractivity contribution is 6.30. The normalized spacial score (nSPS) is 12.9. The summed E-state index contributed by atoms with van der Waals surface area (Å²) in [7, 11) is 0. The Balaban J connectivity index is 0.00000211. The van der Waals surface area contributed by atoms with Crippen molar-refractivity contribution in [3.05, 3.63) is 34.1 Å². The summed E-state index contributed by atoms with van der Waals surface area (Å²) >= 11 is 5.96. The van der Waals surface area contributed by atoms with Crippen molar-refractivity contribution >= 4 is 17.4 Å². The molecule has 0 bridgehead atoms. The molecule has 0 saturated heterocycles. The lowest BCUT2D eigenvalue weighted by Crippen LogP contribution is -2.11. The fourth-order valence-corrected chi connectivity index (χ4v) is 2.50. The molecule has 22 heavy (non-hydrogen) atoms. The number of aryl methyl sites for hydroxylation is 1. The molecular weight excluding hydrogens is 299 g/mol. The minimum absolute atomic E-state index is 0.135. The highest BCUT2D eigenvalue weighted by Gasteiger charge is 2.12. The van der Waals surface area contributed by atoms with Crippen LogP contribution in [0.3, 0.4) is 0 Å². The summed E-state index contributed by atoms with van der Waals surface area (Å²) in [4.78, 5) is 4.29.